The highest BCUT2D eigenvalue weighted by Gasteiger charge is 2.30. The lowest BCUT2D eigenvalue weighted by atomic mass is 9.97. The molecule has 0 aromatic carbocycles. The molecule has 17 heavy (non-hydrogen) atoms. The Hall–Kier alpha value is -0.710. The van der Waals surface area contributed by atoms with Crippen molar-refractivity contribution in [2.75, 3.05) is 31.9 Å². The average Bonchev–Trinajstić information content (AvgIpc) is 2.29. The number of rotatable bonds is 5. The Morgan fingerprint density at radius 1 is 1.18 bits per heavy atom. The first-order valence-electron chi connectivity index (χ1n) is 6.16. The summed E-state index contributed by atoms with van der Waals surface area (Å²) in [5.74, 6) is 1.67. The first-order chi connectivity index (χ1) is 7.99. The molecule has 1 rings (SSSR count). The van der Waals surface area contributed by atoms with Crippen molar-refractivity contribution in [1.29, 1.82) is 0 Å². The Labute approximate surface area is 109 Å². The molecule has 1 unspecified atom stereocenters. The lowest BCUT2D eigenvalue weighted by Crippen LogP contribution is -2.55. The van der Waals surface area contributed by atoms with Crippen molar-refractivity contribution in [3.8, 4) is 0 Å². The third-order valence-corrected chi connectivity index (χ3v) is 3.84. The average molecular weight is 258 g/mol. The highest BCUT2D eigenvalue weighted by molar-refractivity contribution is 7.80. The topological polar surface area (TPSA) is 40.6 Å². The maximum atomic E-state index is 11.9. The molecule has 1 aliphatic rings. The minimum absolute atomic E-state index is 0.0498. The van der Waals surface area contributed by atoms with E-state index in [-0.39, 0.29) is 24.9 Å². The number of piperazine rings is 1. The van der Waals surface area contributed by atoms with E-state index in [0.29, 0.717) is 24.9 Å². The third-order valence-electron chi connectivity index (χ3n) is 3.37. The lowest BCUT2D eigenvalue weighted by molar-refractivity contribution is -0.150. The molecule has 1 atom stereocenters. The van der Waals surface area contributed by atoms with Crippen LogP contribution in [0.25, 0.3) is 0 Å². The van der Waals surface area contributed by atoms with Crippen LogP contribution in [0, 0.1) is 11.8 Å². The largest absolute Gasteiger partial charge is 0.332 e. The van der Waals surface area contributed by atoms with E-state index in [0.717, 1.165) is 5.75 Å². The van der Waals surface area contributed by atoms with Crippen molar-refractivity contribution in [3.63, 3.8) is 0 Å². The minimum Gasteiger partial charge on any atom is -0.332 e. The second-order valence-corrected chi connectivity index (χ2v) is 5.23. The Morgan fingerprint density at radius 3 is 2.18 bits per heavy atom. The van der Waals surface area contributed by atoms with Crippen molar-refractivity contribution in [2.24, 2.45) is 11.8 Å². The van der Waals surface area contributed by atoms with Gasteiger partial charge in [-0.1, -0.05) is 13.8 Å². The van der Waals surface area contributed by atoms with E-state index in [9.17, 15) is 9.59 Å². The Bertz CT molecular complexity index is 294. The van der Waals surface area contributed by atoms with Gasteiger partial charge in [-0.25, -0.2) is 0 Å². The molecule has 0 saturated carbocycles. The normalized spacial score (nSPS) is 19.1. The first-order valence-corrected chi connectivity index (χ1v) is 6.79. The van der Waals surface area contributed by atoms with Gasteiger partial charge in [-0.05, 0) is 24.5 Å². The van der Waals surface area contributed by atoms with Gasteiger partial charge < -0.3 is 9.80 Å². The molecule has 0 aliphatic carbocycles. The molecule has 0 aromatic rings. The summed E-state index contributed by atoms with van der Waals surface area (Å²) in [5.41, 5.74) is 0. The van der Waals surface area contributed by atoms with Crippen LogP contribution in [-0.2, 0) is 9.59 Å². The first kappa shape index (κ1) is 14.4. The van der Waals surface area contributed by atoms with Crippen LogP contribution in [-0.4, -0.2) is 53.5 Å². The van der Waals surface area contributed by atoms with Crippen molar-refractivity contribution >= 4 is 24.4 Å². The Kier molecular flexibility index (Phi) is 5.31. The van der Waals surface area contributed by atoms with Crippen LogP contribution in [0.3, 0.4) is 0 Å². The van der Waals surface area contributed by atoms with Gasteiger partial charge in [-0.2, -0.15) is 12.6 Å². The van der Waals surface area contributed by atoms with E-state index in [1.807, 2.05) is 6.92 Å². The summed E-state index contributed by atoms with van der Waals surface area (Å²) in [6, 6.07) is 0. The number of carbonyl (C=O) groups is 2. The second-order valence-electron chi connectivity index (χ2n) is 4.87. The maximum Gasteiger partial charge on any atom is 0.242 e. The van der Waals surface area contributed by atoms with Gasteiger partial charge in [0.15, 0.2) is 0 Å². The van der Waals surface area contributed by atoms with Crippen LogP contribution in [0.1, 0.15) is 20.8 Å². The van der Waals surface area contributed by atoms with Crippen molar-refractivity contribution in [1.82, 2.24) is 9.80 Å². The van der Waals surface area contributed by atoms with E-state index >= 15 is 0 Å². The van der Waals surface area contributed by atoms with Gasteiger partial charge in [-0.15, -0.1) is 0 Å². The monoisotopic (exact) mass is 258 g/mol. The number of hydrogen-bond acceptors (Lipinski definition) is 3. The van der Waals surface area contributed by atoms with Gasteiger partial charge >= 0.3 is 0 Å². The number of amides is 2. The van der Waals surface area contributed by atoms with E-state index in [4.69, 9.17) is 0 Å². The van der Waals surface area contributed by atoms with Crippen LogP contribution < -0.4 is 0 Å². The zero-order valence-corrected chi connectivity index (χ0v) is 11.7. The summed E-state index contributed by atoms with van der Waals surface area (Å²) in [5, 5.41) is 0. The fraction of sp³-hybridized carbons (Fsp3) is 0.833. The van der Waals surface area contributed by atoms with Gasteiger partial charge in [0.25, 0.3) is 0 Å². The molecule has 0 bridgehead atoms. The third kappa shape index (κ3) is 3.63. The van der Waals surface area contributed by atoms with Crippen molar-refractivity contribution in [3.05, 3.63) is 0 Å². The predicted molar refractivity (Wildman–Crippen MR) is 71.0 cm³/mol. The molecule has 1 saturated heterocycles. The van der Waals surface area contributed by atoms with Crippen molar-refractivity contribution in [2.45, 2.75) is 20.8 Å². The quantitative estimate of drug-likeness (QED) is 0.744. The Balaban J connectivity index is 2.61. The summed E-state index contributed by atoms with van der Waals surface area (Å²) in [4.78, 5) is 26.9. The van der Waals surface area contributed by atoms with E-state index < -0.39 is 0 Å². The maximum absolute atomic E-state index is 11.9. The van der Waals surface area contributed by atoms with E-state index in [2.05, 4.69) is 26.5 Å². The molecule has 1 aliphatic heterocycles. The van der Waals surface area contributed by atoms with Gasteiger partial charge in [0.1, 0.15) is 0 Å². The smallest absolute Gasteiger partial charge is 0.242 e. The van der Waals surface area contributed by atoms with Crippen LogP contribution in [0.5, 0.6) is 0 Å². The lowest BCUT2D eigenvalue weighted by Gasteiger charge is -2.35. The zero-order valence-electron chi connectivity index (χ0n) is 10.8. The summed E-state index contributed by atoms with van der Waals surface area (Å²) < 4.78 is 0. The fourth-order valence-corrected chi connectivity index (χ4v) is 2.46. The van der Waals surface area contributed by atoms with E-state index in [1.165, 1.54) is 0 Å². The Morgan fingerprint density at radius 2 is 1.71 bits per heavy atom. The van der Waals surface area contributed by atoms with Crippen LogP contribution in [0.4, 0.5) is 0 Å². The summed E-state index contributed by atoms with van der Waals surface area (Å²) >= 11 is 4.31. The minimum atomic E-state index is 0.0498. The molecule has 2 amide bonds. The molecular formula is C12H22N2O2S. The molecule has 0 radical (unpaired) electrons. The fourth-order valence-electron chi connectivity index (χ4n) is 1.92. The molecule has 0 spiro atoms. The van der Waals surface area contributed by atoms with Crippen molar-refractivity contribution < 1.29 is 9.59 Å². The number of nitrogens with zero attached hydrogens (tertiary/aromatic N) is 2. The molecule has 0 aromatic heterocycles. The standard InChI is InChI=1S/C12H22N2O2S/c1-4-13-6-12(16)14(7-11(13)15)5-10(8-17)9(2)3/h9-10,17H,4-8H2,1-3H3. The van der Waals surface area contributed by atoms with Crippen LogP contribution >= 0.6 is 12.6 Å². The predicted octanol–water partition coefficient (Wildman–Crippen LogP) is 0.879. The zero-order chi connectivity index (χ0) is 13.0. The molecule has 1 fully saturated rings. The van der Waals surface area contributed by atoms with Crippen LogP contribution in [0.15, 0.2) is 0 Å². The molecule has 0 N–H and O–H groups in total. The molecular weight excluding hydrogens is 236 g/mol. The molecule has 98 valence electrons. The molecule has 1 heterocycles. The summed E-state index contributed by atoms with van der Waals surface area (Å²) in [6.07, 6.45) is 0. The van der Waals surface area contributed by atoms with Gasteiger partial charge in [0.05, 0.1) is 13.1 Å². The number of carbonyl (C=O) groups excluding carboxylic acids is 2. The molecule has 4 nitrogen and oxygen atoms in total. The highest BCUT2D eigenvalue weighted by atomic mass is 32.1. The summed E-state index contributed by atoms with van der Waals surface area (Å²) in [7, 11) is 0. The number of thiol groups is 1. The van der Waals surface area contributed by atoms with Gasteiger partial charge in [-0.3, -0.25) is 9.59 Å². The number of likely N-dealkylation sites (N-methyl/N-ethyl adjacent to an activating group) is 1. The second kappa shape index (κ2) is 6.28. The number of hydrogen-bond donors (Lipinski definition) is 1. The van der Waals surface area contributed by atoms with E-state index in [1.54, 1.807) is 9.80 Å². The summed E-state index contributed by atoms with van der Waals surface area (Å²) in [6.45, 7) is 7.84. The molecule has 5 heteroatoms. The van der Waals surface area contributed by atoms with Crippen LogP contribution in [0.2, 0.25) is 0 Å². The highest BCUT2D eigenvalue weighted by Crippen LogP contribution is 2.16. The van der Waals surface area contributed by atoms with Gasteiger partial charge in [0.2, 0.25) is 11.8 Å². The van der Waals surface area contributed by atoms with Gasteiger partial charge in [0, 0.05) is 13.1 Å². The SMILES string of the molecule is CCN1CC(=O)N(CC(CS)C(C)C)CC1=O.